The number of ketones is 1. The fourth-order valence-corrected chi connectivity index (χ4v) is 7.16. The quantitative estimate of drug-likeness (QED) is 0.0261. The number of hydrogen-bond acceptors (Lipinski definition) is 18. The molecule has 0 bridgehead atoms. The number of hydrogen-bond donors (Lipinski definition) is 8. The highest BCUT2D eigenvalue weighted by molar-refractivity contribution is 5.78. The lowest BCUT2D eigenvalue weighted by Gasteiger charge is -2.49. The zero-order chi connectivity index (χ0) is 41.8. The van der Waals surface area contributed by atoms with Crippen LogP contribution in [-0.4, -0.2) is 158 Å². The number of aliphatic hydroxyl groups is 7. The van der Waals surface area contributed by atoms with Crippen molar-refractivity contribution in [1.29, 1.82) is 0 Å². The molecule has 3 fully saturated rings. The average Bonchev–Trinajstić information content (AvgIpc) is 3.17. The van der Waals surface area contributed by atoms with Gasteiger partial charge in [0.15, 0.2) is 12.6 Å². The van der Waals surface area contributed by atoms with Crippen molar-refractivity contribution in [3.63, 3.8) is 0 Å². The fraction of sp³-hybridized carbons (Fsp3) is 0.757. The van der Waals surface area contributed by atoms with Gasteiger partial charge >= 0.3 is 5.97 Å². The molecule has 3 aliphatic rings. The van der Waals surface area contributed by atoms with Crippen LogP contribution in [0.2, 0.25) is 0 Å². The first-order chi connectivity index (χ1) is 27.1. The molecule has 1 aromatic carbocycles. The Labute approximate surface area is 329 Å². The summed E-state index contributed by atoms with van der Waals surface area (Å²) in [5.74, 6) is -1.79. The van der Waals surface area contributed by atoms with E-state index < -0.39 is 116 Å². The number of non-ortho nitro benzene ring substituents is 1. The lowest BCUT2D eigenvalue weighted by molar-refractivity contribution is -0.384. The number of amides is 1. The molecule has 1 saturated carbocycles. The number of Topliss-reactive ketones (excluding diaryl/α,β-unsaturated/α-hetero) is 1. The maximum absolute atomic E-state index is 12.6. The molecule has 8 N–H and O–H groups in total. The Morgan fingerprint density at radius 3 is 2.12 bits per heavy atom. The van der Waals surface area contributed by atoms with Crippen LogP contribution in [0.15, 0.2) is 24.3 Å². The summed E-state index contributed by atoms with van der Waals surface area (Å²) in [5, 5.41) is 87.0. The van der Waals surface area contributed by atoms with E-state index in [0.29, 0.717) is 25.7 Å². The van der Waals surface area contributed by atoms with Gasteiger partial charge in [-0.2, -0.15) is 0 Å². The van der Waals surface area contributed by atoms with Gasteiger partial charge in [0.05, 0.1) is 42.0 Å². The third kappa shape index (κ3) is 13.1. The number of aliphatic hydroxyl groups excluding tert-OH is 7. The van der Waals surface area contributed by atoms with Gasteiger partial charge in [0.1, 0.15) is 48.2 Å². The Morgan fingerprint density at radius 1 is 0.842 bits per heavy atom. The van der Waals surface area contributed by atoms with E-state index in [-0.39, 0.29) is 55.9 Å². The number of nitrogens with zero attached hydrogens (tertiary/aromatic N) is 1. The summed E-state index contributed by atoms with van der Waals surface area (Å²) < 4.78 is 35.5. The largest absolute Gasteiger partial charge is 0.427 e. The second kappa shape index (κ2) is 22.2. The first kappa shape index (κ1) is 46.4. The molecule has 2 heterocycles. The van der Waals surface area contributed by atoms with E-state index in [1.54, 1.807) is 0 Å². The topological polar surface area (TPSA) is 303 Å². The molecule has 20 nitrogen and oxygen atoms in total. The van der Waals surface area contributed by atoms with E-state index >= 15 is 0 Å². The minimum atomic E-state index is -1.58. The SMILES string of the molecule is CC(=O)NC1[C@@H](O)[C@@H](O)C(CO)C[C@H]1O[C@@H]1C(O[C@H]2C[C@H](O)[C@@H](O)C(C)O2)[C@H](OCCCCC(=O)CCCCC(=O)Oc2ccc([N+](=O)[O-])cc2)OC(CO)[C@@H]1O. The molecule has 1 amide bonds. The van der Waals surface area contributed by atoms with Gasteiger partial charge in [-0.1, -0.05) is 0 Å². The van der Waals surface area contributed by atoms with E-state index in [1.165, 1.54) is 38.1 Å². The predicted octanol–water partition coefficient (Wildman–Crippen LogP) is -0.871. The summed E-state index contributed by atoms with van der Waals surface area (Å²) in [5.41, 5.74) is -0.131. The van der Waals surface area contributed by atoms with Crippen LogP contribution >= 0.6 is 0 Å². The summed E-state index contributed by atoms with van der Waals surface area (Å²) in [6.07, 6.45) is -13.5. The Morgan fingerprint density at radius 2 is 1.51 bits per heavy atom. The number of carbonyl (C=O) groups excluding carboxylic acids is 3. The molecular weight excluding hydrogens is 760 g/mol. The molecule has 1 aliphatic carbocycles. The third-order valence-corrected chi connectivity index (χ3v) is 10.4. The second-order valence-corrected chi connectivity index (χ2v) is 14.7. The van der Waals surface area contributed by atoms with Crippen molar-refractivity contribution in [2.45, 2.75) is 151 Å². The normalized spacial score (nSPS) is 34.3. The van der Waals surface area contributed by atoms with E-state index in [0.717, 1.165) is 0 Å². The van der Waals surface area contributed by atoms with Crippen LogP contribution in [0.1, 0.15) is 71.6 Å². The molecule has 5 unspecified atom stereocenters. The first-order valence-electron chi connectivity index (χ1n) is 19.2. The number of nitro groups is 1. The van der Waals surface area contributed by atoms with E-state index in [4.69, 9.17) is 28.4 Å². The predicted molar refractivity (Wildman–Crippen MR) is 193 cm³/mol. The Hall–Kier alpha value is -3.25. The summed E-state index contributed by atoms with van der Waals surface area (Å²) in [4.78, 5) is 47.0. The summed E-state index contributed by atoms with van der Waals surface area (Å²) >= 11 is 0. The van der Waals surface area contributed by atoms with E-state index in [9.17, 15) is 60.2 Å². The summed E-state index contributed by atoms with van der Waals surface area (Å²) in [7, 11) is 0. The zero-order valence-corrected chi connectivity index (χ0v) is 31.9. The molecule has 0 aromatic heterocycles. The first-order valence-corrected chi connectivity index (χ1v) is 19.2. The lowest BCUT2D eigenvalue weighted by atomic mass is 9.79. The molecule has 20 heteroatoms. The lowest BCUT2D eigenvalue weighted by Crippen LogP contribution is -2.66. The highest BCUT2D eigenvalue weighted by Gasteiger charge is 2.53. The molecule has 57 heavy (non-hydrogen) atoms. The number of rotatable bonds is 20. The van der Waals surface area contributed by atoms with Crippen LogP contribution in [0, 0.1) is 16.0 Å². The van der Waals surface area contributed by atoms with Crippen LogP contribution in [-0.2, 0) is 38.1 Å². The van der Waals surface area contributed by atoms with Crippen molar-refractivity contribution in [1.82, 2.24) is 5.32 Å². The monoisotopic (exact) mass is 816 g/mol. The summed E-state index contributed by atoms with van der Waals surface area (Å²) in [6, 6.07) is 3.93. The molecule has 0 spiro atoms. The van der Waals surface area contributed by atoms with Crippen LogP contribution in [0.25, 0.3) is 0 Å². The maximum atomic E-state index is 12.6. The smallest absolute Gasteiger partial charge is 0.311 e. The van der Waals surface area contributed by atoms with Gasteiger partial charge in [-0.25, -0.2) is 0 Å². The number of carbonyl (C=O) groups is 3. The Balaban J connectivity index is 1.34. The van der Waals surface area contributed by atoms with Crippen molar-refractivity contribution in [2.75, 3.05) is 19.8 Å². The number of ether oxygens (including phenoxy) is 6. The van der Waals surface area contributed by atoms with Gasteiger partial charge in [0, 0.05) is 63.9 Å². The molecule has 1 aromatic rings. The Kier molecular flexibility index (Phi) is 18.1. The van der Waals surface area contributed by atoms with Crippen LogP contribution in [0.5, 0.6) is 5.75 Å². The standard InChI is InChI=1S/C37H56N2O18/c1-19-31(46)25(44)16-29(53-19)57-36-35(55-26-15-21(17-40)32(47)34(49)30(26)38-20(2)42)33(48)27(18-41)56-37(36)52-14-6-5-8-23(43)7-3-4-9-28(45)54-24-12-10-22(11-13-24)39(50)51/h10-13,19,21,25-27,29-37,40-41,44,46-49H,3-9,14-18H2,1-2H3,(H,38,42)/t19?,21?,25-,26+,27?,29-,30?,31-,32-,33-,34+,35-,36?,37+/m0/s1. The maximum Gasteiger partial charge on any atom is 0.311 e. The molecule has 322 valence electrons. The Bertz CT molecular complexity index is 1440. The van der Waals surface area contributed by atoms with Gasteiger partial charge in [-0.15, -0.1) is 0 Å². The molecule has 14 atom stereocenters. The molecule has 0 radical (unpaired) electrons. The van der Waals surface area contributed by atoms with Crippen molar-refractivity contribution in [2.24, 2.45) is 5.92 Å². The average molecular weight is 817 g/mol. The fourth-order valence-electron chi connectivity index (χ4n) is 7.16. The van der Waals surface area contributed by atoms with E-state index in [2.05, 4.69) is 5.32 Å². The van der Waals surface area contributed by atoms with Gasteiger partial charge in [-0.3, -0.25) is 24.5 Å². The van der Waals surface area contributed by atoms with Gasteiger partial charge in [-0.05, 0) is 51.2 Å². The van der Waals surface area contributed by atoms with Crippen molar-refractivity contribution < 1.29 is 83.5 Å². The number of nitrogens with one attached hydrogen (secondary N) is 1. The van der Waals surface area contributed by atoms with Gasteiger partial charge < -0.3 is 69.5 Å². The molecule has 2 saturated heterocycles. The minimum absolute atomic E-state index is 0.0198. The highest BCUT2D eigenvalue weighted by atomic mass is 16.8. The number of nitro benzene ring substituents is 1. The zero-order valence-electron chi connectivity index (χ0n) is 31.9. The van der Waals surface area contributed by atoms with Crippen molar-refractivity contribution in [3.05, 3.63) is 34.4 Å². The summed E-state index contributed by atoms with van der Waals surface area (Å²) in [6.45, 7) is 1.55. The highest BCUT2D eigenvalue weighted by Crippen LogP contribution is 2.35. The molecule has 2 aliphatic heterocycles. The minimum Gasteiger partial charge on any atom is -0.427 e. The number of esters is 1. The van der Waals surface area contributed by atoms with Crippen LogP contribution < -0.4 is 10.1 Å². The van der Waals surface area contributed by atoms with Gasteiger partial charge in [0.25, 0.3) is 5.69 Å². The molecular formula is C37H56N2O18. The van der Waals surface area contributed by atoms with Crippen LogP contribution in [0.3, 0.4) is 0 Å². The number of unbranched alkanes of at least 4 members (excludes halogenated alkanes) is 2. The second-order valence-electron chi connectivity index (χ2n) is 14.7. The van der Waals surface area contributed by atoms with Gasteiger partial charge in [0.2, 0.25) is 5.91 Å². The third-order valence-electron chi connectivity index (χ3n) is 10.4. The van der Waals surface area contributed by atoms with Crippen molar-refractivity contribution >= 4 is 23.3 Å². The van der Waals surface area contributed by atoms with E-state index in [1.807, 2.05) is 0 Å². The van der Waals surface area contributed by atoms with Crippen LogP contribution in [0.4, 0.5) is 5.69 Å². The van der Waals surface area contributed by atoms with Crippen molar-refractivity contribution in [3.8, 4) is 5.75 Å². The molecule has 4 rings (SSSR count). The number of benzene rings is 1.